The molecule has 0 radical (unpaired) electrons. The maximum Gasteiger partial charge on any atom is 0.339 e. The number of fused-ring (bicyclic) bond motifs is 2. The number of ether oxygens (including phenoxy) is 1. The molecular weight excluding hydrogens is 326 g/mol. The van der Waals surface area contributed by atoms with E-state index < -0.39 is 5.97 Å². The SMILES string of the molecule is CC.CC.CC.COC(=O)c1cccc2c(=O)c3cccc(C)c3[nH]c12. The van der Waals surface area contributed by atoms with Gasteiger partial charge in [-0.3, -0.25) is 4.79 Å². The molecule has 0 aliphatic heterocycles. The van der Waals surface area contributed by atoms with Gasteiger partial charge in [-0.2, -0.15) is 0 Å². The number of pyridine rings is 1. The van der Waals surface area contributed by atoms with E-state index in [4.69, 9.17) is 4.74 Å². The summed E-state index contributed by atoms with van der Waals surface area (Å²) in [7, 11) is 1.32. The van der Waals surface area contributed by atoms with Crippen molar-refractivity contribution in [2.45, 2.75) is 48.5 Å². The molecule has 0 unspecified atom stereocenters. The summed E-state index contributed by atoms with van der Waals surface area (Å²) in [5.41, 5.74) is 2.52. The Morgan fingerprint density at radius 2 is 1.35 bits per heavy atom. The van der Waals surface area contributed by atoms with E-state index >= 15 is 0 Å². The van der Waals surface area contributed by atoms with Crippen LogP contribution in [-0.2, 0) is 4.74 Å². The van der Waals surface area contributed by atoms with Gasteiger partial charge in [0.2, 0.25) is 0 Å². The monoisotopic (exact) mass is 357 g/mol. The predicted molar refractivity (Wildman–Crippen MR) is 112 cm³/mol. The lowest BCUT2D eigenvalue weighted by molar-refractivity contribution is 0.0603. The lowest BCUT2D eigenvalue weighted by Crippen LogP contribution is -2.09. The summed E-state index contributed by atoms with van der Waals surface area (Å²) in [5.74, 6) is -0.459. The third-order valence-electron chi connectivity index (χ3n) is 3.48. The molecule has 0 fully saturated rings. The van der Waals surface area contributed by atoms with E-state index in [1.807, 2.05) is 60.6 Å². The van der Waals surface area contributed by atoms with Gasteiger partial charge in [0, 0.05) is 10.8 Å². The number of esters is 1. The van der Waals surface area contributed by atoms with Crippen LogP contribution < -0.4 is 5.43 Å². The van der Waals surface area contributed by atoms with Gasteiger partial charge in [-0.15, -0.1) is 0 Å². The van der Waals surface area contributed by atoms with Gasteiger partial charge < -0.3 is 9.72 Å². The first-order valence-electron chi connectivity index (χ1n) is 9.26. The molecule has 0 atom stereocenters. The molecule has 3 rings (SSSR count). The average Bonchev–Trinajstić information content (AvgIpc) is 2.72. The molecule has 26 heavy (non-hydrogen) atoms. The van der Waals surface area contributed by atoms with Gasteiger partial charge in [-0.1, -0.05) is 59.7 Å². The Morgan fingerprint density at radius 3 is 1.88 bits per heavy atom. The van der Waals surface area contributed by atoms with Crippen LogP contribution in [0.4, 0.5) is 0 Å². The molecule has 0 aliphatic carbocycles. The minimum Gasteiger partial charge on any atom is -0.465 e. The molecule has 0 saturated heterocycles. The Labute approximate surface area is 156 Å². The Kier molecular flexibility index (Phi) is 10.7. The summed E-state index contributed by atoms with van der Waals surface area (Å²) in [4.78, 5) is 27.5. The van der Waals surface area contributed by atoms with Crippen molar-refractivity contribution in [3.8, 4) is 0 Å². The van der Waals surface area contributed by atoms with E-state index in [0.717, 1.165) is 11.1 Å². The van der Waals surface area contributed by atoms with E-state index in [2.05, 4.69) is 4.98 Å². The van der Waals surface area contributed by atoms with Crippen LogP contribution in [0.1, 0.15) is 57.5 Å². The third-order valence-corrected chi connectivity index (χ3v) is 3.48. The van der Waals surface area contributed by atoms with E-state index in [-0.39, 0.29) is 5.43 Å². The molecule has 3 aromatic rings. The number of methoxy groups -OCH3 is 1. The first-order chi connectivity index (χ1) is 12.6. The fourth-order valence-corrected chi connectivity index (χ4v) is 2.45. The summed E-state index contributed by atoms with van der Waals surface area (Å²) in [6, 6.07) is 10.6. The zero-order valence-corrected chi connectivity index (χ0v) is 17.2. The Balaban J connectivity index is 0.000000948. The van der Waals surface area contributed by atoms with Crippen LogP contribution in [0.3, 0.4) is 0 Å². The van der Waals surface area contributed by atoms with Crippen LogP contribution in [-0.4, -0.2) is 18.1 Å². The maximum absolute atomic E-state index is 12.5. The number of para-hydroxylation sites is 2. The number of nitrogens with one attached hydrogen (secondary N) is 1. The van der Waals surface area contributed by atoms with Crippen molar-refractivity contribution in [1.82, 2.24) is 4.98 Å². The smallest absolute Gasteiger partial charge is 0.339 e. The zero-order chi connectivity index (χ0) is 20.3. The highest BCUT2D eigenvalue weighted by Gasteiger charge is 2.14. The van der Waals surface area contributed by atoms with Gasteiger partial charge in [0.25, 0.3) is 0 Å². The number of carbonyl (C=O) groups is 1. The number of carbonyl (C=O) groups excluding carboxylic acids is 1. The van der Waals surface area contributed by atoms with Crippen molar-refractivity contribution in [1.29, 1.82) is 0 Å². The number of aromatic amines is 1. The largest absolute Gasteiger partial charge is 0.465 e. The molecule has 0 spiro atoms. The first kappa shape index (κ1) is 23.4. The average molecular weight is 357 g/mol. The van der Waals surface area contributed by atoms with Gasteiger partial charge in [0.15, 0.2) is 5.43 Å². The topological polar surface area (TPSA) is 59.2 Å². The molecule has 142 valence electrons. The molecule has 0 aliphatic rings. The van der Waals surface area contributed by atoms with Crippen molar-refractivity contribution >= 4 is 27.8 Å². The Hall–Kier alpha value is -2.62. The minimum atomic E-state index is -0.459. The molecular formula is C22H31NO3. The van der Waals surface area contributed by atoms with Crippen molar-refractivity contribution in [3.05, 3.63) is 57.7 Å². The van der Waals surface area contributed by atoms with Crippen molar-refractivity contribution in [2.24, 2.45) is 0 Å². The Bertz CT molecular complexity index is 895. The number of hydrogen-bond acceptors (Lipinski definition) is 3. The fourth-order valence-electron chi connectivity index (χ4n) is 2.45. The molecule has 0 amide bonds. The van der Waals surface area contributed by atoms with Gasteiger partial charge >= 0.3 is 5.97 Å². The van der Waals surface area contributed by atoms with Crippen LogP contribution in [0.15, 0.2) is 41.2 Å². The number of aryl methyl sites for hydroxylation is 1. The molecule has 4 nitrogen and oxygen atoms in total. The maximum atomic E-state index is 12.5. The van der Waals surface area contributed by atoms with Crippen molar-refractivity contribution in [2.75, 3.05) is 7.11 Å². The normalized spacial score (nSPS) is 9.08. The fraction of sp³-hybridized carbons (Fsp3) is 0.364. The second-order valence-electron chi connectivity index (χ2n) is 4.67. The van der Waals surface area contributed by atoms with Crippen molar-refractivity contribution < 1.29 is 9.53 Å². The summed E-state index contributed by atoms with van der Waals surface area (Å²) in [6.45, 7) is 13.9. The minimum absolute atomic E-state index is 0.0804. The van der Waals surface area contributed by atoms with Crippen LogP contribution in [0.25, 0.3) is 21.8 Å². The third kappa shape index (κ3) is 4.72. The number of benzene rings is 2. The van der Waals surface area contributed by atoms with Crippen LogP contribution in [0, 0.1) is 6.92 Å². The summed E-state index contributed by atoms with van der Waals surface area (Å²) in [5, 5.41) is 1.12. The van der Waals surface area contributed by atoms with Gasteiger partial charge in [0.05, 0.1) is 23.7 Å². The number of rotatable bonds is 1. The van der Waals surface area contributed by atoms with Gasteiger partial charge in [-0.25, -0.2) is 4.79 Å². The van der Waals surface area contributed by atoms with Crippen molar-refractivity contribution in [3.63, 3.8) is 0 Å². The van der Waals surface area contributed by atoms with E-state index in [9.17, 15) is 9.59 Å². The molecule has 1 heterocycles. The van der Waals surface area contributed by atoms with Gasteiger partial charge in [0.1, 0.15) is 0 Å². The molecule has 4 heteroatoms. The van der Waals surface area contributed by atoms with E-state index in [1.165, 1.54) is 7.11 Å². The molecule has 0 bridgehead atoms. The van der Waals surface area contributed by atoms with Crippen LogP contribution in [0.2, 0.25) is 0 Å². The highest BCUT2D eigenvalue weighted by atomic mass is 16.5. The number of H-pyrrole nitrogens is 1. The lowest BCUT2D eigenvalue weighted by Gasteiger charge is -2.08. The highest BCUT2D eigenvalue weighted by molar-refractivity contribution is 6.05. The summed E-state index contributed by atoms with van der Waals surface area (Å²) >= 11 is 0. The summed E-state index contributed by atoms with van der Waals surface area (Å²) < 4.78 is 4.77. The van der Waals surface area contributed by atoms with E-state index in [1.54, 1.807) is 24.3 Å². The second kappa shape index (κ2) is 11.9. The predicted octanol–water partition coefficient (Wildman–Crippen LogP) is 5.85. The molecule has 2 aromatic carbocycles. The highest BCUT2D eigenvalue weighted by Crippen LogP contribution is 2.20. The van der Waals surface area contributed by atoms with Crippen LogP contribution in [0.5, 0.6) is 0 Å². The Morgan fingerprint density at radius 1 is 0.846 bits per heavy atom. The first-order valence-corrected chi connectivity index (χ1v) is 9.26. The molecule has 1 N–H and O–H groups in total. The van der Waals surface area contributed by atoms with E-state index in [0.29, 0.717) is 21.9 Å². The lowest BCUT2D eigenvalue weighted by atomic mass is 10.0. The summed E-state index contributed by atoms with van der Waals surface area (Å²) in [6.07, 6.45) is 0. The molecule has 1 aromatic heterocycles. The number of aromatic nitrogens is 1. The second-order valence-corrected chi connectivity index (χ2v) is 4.67. The zero-order valence-electron chi connectivity index (χ0n) is 17.2. The van der Waals surface area contributed by atoms with Gasteiger partial charge in [-0.05, 0) is 30.7 Å². The molecule has 0 saturated carbocycles. The standard InChI is InChI=1S/C16H13NO3.3C2H6/c1-9-5-3-6-10-13(9)17-14-11(15(10)18)7-4-8-12(14)16(19)20-2;3*1-2/h3-8H,1-2H3,(H,17,18);3*1-2H3. The number of hydrogen-bond donors (Lipinski definition) is 1. The quantitative estimate of drug-likeness (QED) is 0.438. The van der Waals surface area contributed by atoms with Crippen LogP contribution >= 0.6 is 0 Å².